The van der Waals surface area contributed by atoms with Gasteiger partial charge in [0.25, 0.3) is 0 Å². The molecule has 0 saturated carbocycles. The van der Waals surface area contributed by atoms with E-state index in [-0.39, 0.29) is 6.54 Å². The Kier molecular flexibility index (Phi) is 4.27. The second-order valence-electron chi connectivity index (χ2n) is 4.56. The van der Waals surface area contributed by atoms with Gasteiger partial charge in [0.15, 0.2) is 0 Å². The van der Waals surface area contributed by atoms with Gasteiger partial charge in [-0.1, -0.05) is 6.07 Å². The highest BCUT2D eigenvalue weighted by atomic mass is 19.1. The van der Waals surface area contributed by atoms with Gasteiger partial charge in [0.2, 0.25) is 0 Å². The lowest BCUT2D eigenvalue weighted by Gasteiger charge is -2.09. The Morgan fingerprint density at radius 2 is 2.24 bits per heavy atom. The van der Waals surface area contributed by atoms with Crippen LogP contribution in [0, 0.1) is 12.7 Å². The van der Waals surface area contributed by atoms with Crippen LogP contribution in [0.1, 0.15) is 16.7 Å². The third-order valence-electron chi connectivity index (χ3n) is 2.84. The first-order valence-electron chi connectivity index (χ1n) is 6.18. The Bertz CT molecular complexity index is 766. The summed E-state index contributed by atoms with van der Waals surface area (Å²) in [4.78, 5) is 26.0. The normalized spacial score (nSPS) is 11.0. The number of hydrogen-bond donors (Lipinski definition) is 1. The zero-order valence-electron chi connectivity index (χ0n) is 11.3. The molecule has 21 heavy (non-hydrogen) atoms. The van der Waals surface area contributed by atoms with Crippen LogP contribution < -0.4 is 5.69 Å². The van der Waals surface area contributed by atoms with E-state index in [0.29, 0.717) is 11.1 Å². The molecule has 6 heteroatoms. The molecule has 0 amide bonds. The fraction of sp³-hybridized carbons (Fsp3) is 0.133. The quantitative estimate of drug-likeness (QED) is 0.871. The molecular formula is C15H13FN2O3. The van der Waals surface area contributed by atoms with Crippen molar-refractivity contribution in [2.45, 2.75) is 13.5 Å². The number of hydrogen-bond acceptors (Lipinski definition) is 3. The van der Waals surface area contributed by atoms with Crippen LogP contribution >= 0.6 is 0 Å². The van der Waals surface area contributed by atoms with Crippen LogP contribution in [0.25, 0.3) is 6.08 Å². The van der Waals surface area contributed by atoms with Crippen molar-refractivity contribution in [2.75, 3.05) is 0 Å². The minimum atomic E-state index is -1.13. The maximum absolute atomic E-state index is 13.3. The van der Waals surface area contributed by atoms with Crippen molar-refractivity contribution in [1.82, 2.24) is 9.55 Å². The first-order chi connectivity index (χ1) is 9.95. The smallest absolute Gasteiger partial charge is 0.347 e. The highest BCUT2D eigenvalue weighted by molar-refractivity contribution is 5.85. The molecule has 0 bridgehead atoms. The number of benzene rings is 1. The van der Waals surface area contributed by atoms with Crippen LogP contribution in [-0.2, 0) is 11.3 Å². The van der Waals surface area contributed by atoms with E-state index in [9.17, 15) is 14.0 Å². The molecule has 1 heterocycles. The molecule has 2 aromatic rings. The average molecular weight is 288 g/mol. The Hall–Kier alpha value is -2.76. The van der Waals surface area contributed by atoms with Crippen LogP contribution in [0.5, 0.6) is 0 Å². The summed E-state index contributed by atoms with van der Waals surface area (Å²) < 4.78 is 14.7. The van der Waals surface area contributed by atoms with Gasteiger partial charge in [0.05, 0.1) is 6.54 Å². The van der Waals surface area contributed by atoms with Crippen molar-refractivity contribution in [3.05, 3.63) is 69.7 Å². The third-order valence-corrected chi connectivity index (χ3v) is 2.84. The van der Waals surface area contributed by atoms with E-state index < -0.39 is 17.5 Å². The first-order valence-corrected chi connectivity index (χ1v) is 6.18. The molecule has 0 fully saturated rings. The summed E-state index contributed by atoms with van der Waals surface area (Å²) in [5.41, 5.74) is 1.44. The fourth-order valence-corrected chi connectivity index (χ4v) is 1.89. The van der Waals surface area contributed by atoms with E-state index in [1.165, 1.54) is 35.0 Å². The summed E-state index contributed by atoms with van der Waals surface area (Å²) in [5.74, 6) is -1.60. The zero-order chi connectivity index (χ0) is 15.4. The molecular weight excluding hydrogens is 275 g/mol. The first kappa shape index (κ1) is 14.6. The maximum Gasteiger partial charge on any atom is 0.347 e. The van der Waals surface area contributed by atoms with Crippen LogP contribution in [0.3, 0.4) is 0 Å². The number of halogens is 1. The molecule has 108 valence electrons. The van der Waals surface area contributed by atoms with Gasteiger partial charge >= 0.3 is 11.7 Å². The van der Waals surface area contributed by atoms with Crippen LogP contribution in [0.15, 0.2) is 41.5 Å². The minimum absolute atomic E-state index is 0.188. The predicted octanol–water partition coefficient (Wildman–Crippen LogP) is 1.84. The monoisotopic (exact) mass is 288 g/mol. The lowest BCUT2D eigenvalue weighted by molar-refractivity contribution is -0.131. The highest BCUT2D eigenvalue weighted by Crippen LogP contribution is 2.14. The second kappa shape index (κ2) is 6.13. The van der Waals surface area contributed by atoms with E-state index in [2.05, 4.69) is 4.98 Å². The summed E-state index contributed by atoms with van der Waals surface area (Å²) >= 11 is 0. The Labute approximate surface area is 120 Å². The van der Waals surface area contributed by atoms with Crippen molar-refractivity contribution >= 4 is 12.0 Å². The summed E-state index contributed by atoms with van der Waals surface area (Å²) in [6, 6.07) is 4.01. The molecule has 1 aromatic heterocycles. The van der Waals surface area contributed by atoms with Gasteiger partial charge < -0.3 is 5.11 Å². The average Bonchev–Trinajstić information content (AvgIpc) is 2.43. The van der Waals surface area contributed by atoms with Crippen molar-refractivity contribution in [3.8, 4) is 0 Å². The number of nitrogens with zero attached hydrogens (tertiary/aromatic N) is 2. The van der Waals surface area contributed by atoms with Crippen molar-refractivity contribution in [2.24, 2.45) is 0 Å². The van der Waals surface area contributed by atoms with Crippen LogP contribution in [0.2, 0.25) is 0 Å². The van der Waals surface area contributed by atoms with E-state index in [0.717, 1.165) is 11.6 Å². The van der Waals surface area contributed by atoms with Gasteiger partial charge in [0, 0.05) is 18.5 Å². The van der Waals surface area contributed by atoms with E-state index in [4.69, 9.17) is 5.11 Å². The summed E-state index contributed by atoms with van der Waals surface area (Å²) in [7, 11) is 0. The standard InChI is InChI=1S/C15H13FN2O3/c1-10-7-17-15(21)18(8-10)9-12-2-4-13(16)6-11(12)3-5-14(19)20/h2-8H,9H2,1H3,(H,19,20). The van der Waals surface area contributed by atoms with Gasteiger partial charge in [-0.25, -0.2) is 19.0 Å². The molecule has 0 radical (unpaired) electrons. The maximum atomic E-state index is 13.3. The number of aromatic nitrogens is 2. The fourth-order valence-electron chi connectivity index (χ4n) is 1.89. The van der Waals surface area contributed by atoms with Crippen molar-refractivity contribution in [1.29, 1.82) is 0 Å². The SMILES string of the molecule is Cc1cnc(=O)n(Cc2ccc(F)cc2C=CC(=O)O)c1. The van der Waals surface area contributed by atoms with Gasteiger partial charge in [-0.05, 0) is 41.8 Å². The Morgan fingerprint density at radius 1 is 1.48 bits per heavy atom. The molecule has 1 N–H and O–H groups in total. The molecule has 1 aromatic carbocycles. The molecule has 5 nitrogen and oxygen atoms in total. The zero-order valence-corrected chi connectivity index (χ0v) is 11.3. The predicted molar refractivity (Wildman–Crippen MR) is 75.4 cm³/mol. The van der Waals surface area contributed by atoms with E-state index in [1.54, 1.807) is 13.1 Å². The summed E-state index contributed by atoms with van der Waals surface area (Å²) in [5, 5.41) is 8.66. The van der Waals surface area contributed by atoms with Crippen LogP contribution in [-0.4, -0.2) is 20.6 Å². The van der Waals surface area contributed by atoms with Gasteiger partial charge in [-0.15, -0.1) is 0 Å². The topological polar surface area (TPSA) is 72.2 Å². The summed E-state index contributed by atoms with van der Waals surface area (Å²) in [6.45, 7) is 1.99. The van der Waals surface area contributed by atoms with E-state index in [1.807, 2.05) is 0 Å². The largest absolute Gasteiger partial charge is 0.478 e. The number of aliphatic carboxylic acids is 1. The van der Waals surface area contributed by atoms with Gasteiger partial charge in [0.1, 0.15) is 5.82 Å². The van der Waals surface area contributed by atoms with Crippen molar-refractivity contribution in [3.63, 3.8) is 0 Å². The molecule has 0 aliphatic rings. The number of carboxylic acid groups (broad SMARTS) is 1. The lowest BCUT2D eigenvalue weighted by atomic mass is 10.1. The molecule has 0 aliphatic heterocycles. The Morgan fingerprint density at radius 3 is 2.95 bits per heavy atom. The second-order valence-corrected chi connectivity index (χ2v) is 4.56. The van der Waals surface area contributed by atoms with Gasteiger partial charge in [-0.2, -0.15) is 0 Å². The molecule has 0 saturated heterocycles. The molecule has 0 spiro atoms. The molecule has 0 unspecified atom stereocenters. The number of carboxylic acids is 1. The van der Waals surface area contributed by atoms with Gasteiger partial charge in [-0.3, -0.25) is 4.57 Å². The lowest BCUT2D eigenvalue weighted by Crippen LogP contribution is -2.23. The number of aryl methyl sites for hydroxylation is 1. The Balaban J connectivity index is 2.42. The number of rotatable bonds is 4. The highest BCUT2D eigenvalue weighted by Gasteiger charge is 2.05. The number of carbonyl (C=O) groups is 1. The molecule has 0 aliphatic carbocycles. The van der Waals surface area contributed by atoms with E-state index >= 15 is 0 Å². The molecule has 2 rings (SSSR count). The summed E-state index contributed by atoms with van der Waals surface area (Å²) in [6.07, 6.45) is 5.34. The van der Waals surface area contributed by atoms with Crippen molar-refractivity contribution < 1.29 is 14.3 Å². The third kappa shape index (κ3) is 3.85. The molecule has 0 atom stereocenters. The minimum Gasteiger partial charge on any atom is -0.478 e. The van der Waals surface area contributed by atoms with Crippen LogP contribution in [0.4, 0.5) is 4.39 Å².